The van der Waals surface area contributed by atoms with Crippen LogP contribution in [0.4, 0.5) is 0 Å². The van der Waals surface area contributed by atoms with Crippen molar-refractivity contribution in [1.82, 2.24) is 15.5 Å². The number of nitrogens with zero attached hydrogens (tertiary/aromatic N) is 1. The molecular formula is C21H31N3O. The molecule has 1 aromatic rings. The van der Waals surface area contributed by atoms with Crippen LogP contribution in [0.2, 0.25) is 0 Å². The number of rotatable bonds is 7. The van der Waals surface area contributed by atoms with E-state index < -0.39 is 0 Å². The maximum absolute atomic E-state index is 12.5. The second-order valence-electron chi connectivity index (χ2n) is 7.63. The topological polar surface area (TPSA) is 44.4 Å². The number of piperidine rings is 1. The zero-order valence-electron chi connectivity index (χ0n) is 15.7. The van der Waals surface area contributed by atoms with E-state index in [4.69, 9.17) is 6.42 Å². The Kier molecular flexibility index (Phi) is 7.04. The van der Waals surface area contributed by atoms with Gasteiger partial charge in [0.1, 0.15) is 0 Å². The first-order chi connectivity index (χ1) is 11.9. The molecule has 1 aliphatic heterocycles. The second kappa shape index (κ2) is 9.03. The average molecular weight is 341 g/mol. The Morgan fingerprint density at radius 1 is 1.32 bits per heavy atom. The molecule has 1 saturated heterocycles. The molecule has 0 spiro atoms. The molecule has 0 unspecified atom stereocenters. The van der Waals surface area contributed by atoms with E-state index in [1.54, 1.807) is 0 Å². The predicted octanol–water partition coefficient (Wildman–Crippen LogP) is 2.58. The monoisotopic (exact) mass is 341 g/mol. The normalized spacial score (nSPS) is 17.7. The van der Waals surface area contributed by atoms with Crippen molar-refractivity contribution in [2.75, 3.05) is 26.2 Å². The summed E-state index contributed by atoms with van der Waals surface area (Å²) in [5, 5.41) is 6.75. The van der Waals surface area contributed by atoms with E-state index in [2.05, 4.69) is 66.5 Å². The van der Waals surface area contributed by atoms with Crippen molar-refractivity contribution in [2.24, 2.45) is 5.92 Å². The van der Waals surface area contributed by atoms with Gasteiger partial charge in [-0.15, -0.1) is 6.42 Å². The lowest BCUT2D eigenvalue weighted by Crippen LogP contribution is -2.51. The molecule has 0 saturated carbocycles. The van der Waals surface area contributed by atoms with E-state index in [9.17, 15) is 4.79 Å². The maximum Gasteiger partial charge on any atom is 0.223 e. The zero-order valence-corrected chi connectivity index (χ0v) is 15.7. The van der Waals surface area contributed by atoms with E-state index in [1.807, 2.05) is 6.07 Å². The molecule has 2 N–H and O–H groups in total. The molecule has 0 aliphatic carbocycles. The third-order valence-electron chi connectivity index (χ3n) is 4.88. The number of benzene rings is 1. The van der Waals surface area contributed by atoms with Crippen LogP contribution in [-0.2, 0) is 4.79 Å². The van der Waals surface area contributed by atoms with Crippen LogP contribution in [0.5, 0.6) is 0 Å². The van der Waals surface area contributed by atoms with Gasteiger partial charge in [-0.05, 0) is 52.3 Å². The Bertz CT molecular complexity index is 583. The molecule has 0 bridgehead atoms. The summed E-state index contributed by atoms with van der Waals surface area (Å²) in [6, 6.07) is 10.6. The summed E-state index contributed by atoms with van der Waals surface area (Å²) in [5.41, 5.74) is 1.08. The van der Waals surface area contributed by atoms with Gasteiger partial charge in [-0.2, -0.15) is 0 Å². The summed E-state index contributed by atoms with van der Waals surface area (Å²) in [7, 11) is 0. The summed E-state index contributed by atoms with van der Waals surface area (Å²) < 4.78 is 0. The molecule has 1 aromatic carbocycles. The van der Waals surface area contributed by atoms with Crippen LogP contribution in [0, 0.1) is 18.3 Å². The molecule has 1 atom stereocenters. The fourth-order valence-electron chi connectivity index (χ4n) is 3.40. The van der Waals surface area contributed by atoms with Gasteiger partial charge in [0.05, 0.1) is 6.54 Å². The Morgan fingerprint density at radius 3 is 2.56 bits per heavy atom. The van der Waals surface area contributed by atoms with Gasteiger partial charge in [-0.3, -0.25) is 9.69 Å². The first-order valence-corrected chi connectivity index (χ1v) is 9.17. The molecule has 4 nitrogen and oxygen atoms in total. The highest BCUT2D eigenvalue weighted by Crippen LogP contribution is 2.18. The lowest BCUT2D eigenvalue weighted by molar-refractivity contribution is -0.126. The van der Waals surface area contributed by atoms with Crippen LogP contribution in [0.25, 0.3) is 0 Å². The molecule has 1 amide bonds. The summed E-state index contributed by atoms with van der Waals surface area (Å²) in [5.74, 6) is 2.95. The molecule has 25 heavy (non-hydrogen) atoms. The van der Waals surface area contributed by atoms with Crippen molar-refractivity contribution in [2.45, 2.75) is 45.2 Å². The van der Waals surface area contributed by atoms with Crippen molar-refractivity contribution in [3.63, 3.8) is 0 Å². The number of carbonyl (C=O) groups excluding carboxylic acids is 1. The molecule has 1 fully saturated rings. The number of nitrogens with one attached hydrogen (secondary N) is 2. The van der Waals surface area contributed by atoms with Gasteiger partial charge in [0.25, 0.3) is 0 Å². The standard InChI is InChI=1S/C21H31N3O/c1-5-13-24-14-11-19(12-15-24)20(25)22-16-21(3,4)23-17(2)18-9-7-6-8-10-18/h1,6-10,17,19,23H,11-16H2,2-4H3,(H,22,25)/t17-/m1/s1. The number of amides is 1. The number of likely N-dealkylation sites (tertiary alicyclic amines) is 1. The Morgan fingerprint density at radius 2 is 1.96 bits per heavy atom. The van der Waals surface area contributed by atoms with Gasteiger partial charge in [-0.1, -0.05) is 36.3 Å². The molecular weight excluding hydrogens is 310 g/mol. The highest BCUT2D eigenvalue weighted by Gasteiger charge is 2.27. The highest BCUT2D eigenvalue weighted by atomic mass is 16.1. The molecule has 4 heteroatoms. The largest absolute Gasteiger partial charge is 0.354 e. The number of hydrogen-bond donors (Lipinski definition) is 2. The third-order valence-corrected chi connectivity index (χ3v) is 4.88. The van der Waals surface area contributed by atoms with Crippen LogP contribution in [0.1, 0.15) is 45.2 Å². The van der Waals surface area contributed by atoms with E-state index >= 15 is 0 Å². The van der Waals surface area contributed by atoms with Crippen molar-refractivity contribution >= 4 is 5.91 Å². The maximum atomic E-state index is 12.5. The summed E-state index contributed by atoms with van der Waals surface area (Å²) in [4.78, 5) is 14.7. The van der Waals surface area contributed by atoms with Gasteiger partial charge in [0.15, 0.2) is 0 Å². The Hall–Kier alpha value is -1.83. The van der Waals surface area contributed by atoms with E-state index in [0.717, 1.165) is 25.9 Å². The van der Waals surface area contributed by atoms with E-state index in [-0.39, 0.29) is 23.4 Å². The van der Waals surface area contributed by atoms with Crippen molar-refractivity contribution in [1.29, 1.82) is 0 Å². The van der Waals surface area contributed by atoms with Gasteiger partial charge in [0.2, 0.25) is 5.91 Å². The smallest absolute Gasteiger partial charge is 0.223 e. The minimum atomic E-state index is -0.172. The predicted molar refractivity (Wildman–Crippen MR) is 103 cm³/mol. The molecule has 1 aliphatic rings. The fraction of sp³-hybridized carbons (Fsp3) is 0.571. The molecule has 2 rings (SSSR count). The zero-order chi connectivity index (χ0) is 18.3. The minimum absolute atomic E-state index is 0.108. The quantitative estimate of drug-likeness (QED) is 0.749. The van der Waals surface area contributed by atoms with Crippen LogP contribution in [-0.4, -0.2) is 42.5 Å². The van der Waals surface area contributed by atoms with Crippen molar-refractivity contribution < 1.29 is 4.79 Å². The summed E-state index contributed by atoms with van der Waals surface area (Å²) >= 11 is 0. The lowest BCUT2D eigenvalue weighted by atomic mass is 9.95. The van der Waals surface area contributed by atoms with Gasteiger partial charge >= 0.3 is 0 Å². The molecule has 136 valence electrons. The first kappa shape index (κ1) is 19.5. The van der Waals surface area contributed by atoms with Gasteiger partial charge < -0.3 is 10.6 Å². The SMILES string of the molecule is C#CCN1CCC(C(=O)NCC(C)(C)N[C@H](C)c2ccccc2)CC1. The molecule has 1 heterocycles. The Balaban J connectivity index is 1.77. The van der Waals surface area contributed by atoms with Crippen LogP contribution in [0.15, 0.2) is 30.3 Å². The summed E-state index contributed by atoms with van der Waals surface area (Å²) in [6.45, 7) is 9.53. The summed E-state index contributed by atoms with van der Waals surface area (Å²) in [6.07, 6.45) is 7.13. The van der Waals surface area contributed by atoms with Gasteiger partial charge in [-0.25, -0.2) is 0 Å². The number of terminal acetylenes is 1. The lowest BCUT2D eigenvalue weighted by Gasteiger charge is -2.33. The van der Waals surface area contributed by atoms with E-state index in [0.29, 0.717) is 13.1 Å². The first-order valence-electron chi connectivity index (χ1n) is 9.17. The minimum Gasteiger partial charge on any atom is -0.354 e. The molecule has 0 radical (unpaired) electrons. The van der Waals surface area contributed by atoms with Gasteiger partial charge in [0, 0.05) is 24.0 Å². The van der Waals surface area contributed by atoms with E-state index in [1.165, 1.54) is 5.56 Å². The second-order valence-corrected chi connectivity index (χ2v) is 7.63. The number of hydrogen-bond acceptors (Lipinski definition) is 3. The fourth-order valence-corrected chi connectivity index (χ4v) is 3.40. The van der Waals surface area contributed by atoms with Crippen LogP contribution < -0.4 is 10.6 Å². The molecule has 0 aromatic heterocycles. The van der Waals surface area contributed by atoms with Crippen LogP contribution >= 0.6 is 0 Å². The third kappa shape index (κ3) is 6.19. The average Bonchev–Trinajstić information content (AvgIpc) is 2.61. The van der Waals surface area contributed by atoms with Crippen LogP contribution in [0.3, 0.4) is 0 Å². The van der Waals surface area contributed by atoms with Crippen molar-refractivity contribution in [3.05, 3.63) is 35.9 Å². The number of carbonyl (C=O) groups is 1. The highest BCUT2D eigenvalue weighted by molar-refractivity contribution is 5.78. The van der Waals surface area contributed by atoms with Crippen molar-refractivity contribution in [3.8, 4) is 12.3 Å². The Labute approximate surface area is 152 Å².